The first-order chi connectivity index (χ1) is 12.2. The molecular weight excluding hydrogens is 318 g/mol. The van der Waals surface area contributed by atoms with Crippen LogP contribution in [0.3, 0.4) is 0 Å². The molecule has 124 valence electrons. The predicted molar refractivity (Wildman–Crippen MR) is 94.6 cm³/mol. The van der Waals surface area contributed by atoms with Gasteiger partial charge in [0.2, 0.25) is 5.82 Å². The Balaban J connectivity index is 1.83. The average molecular weight is 333 g/mol. The molecule has 0 radical (unpaired) electrons. The average Bonchev–Trinajstić information content (AvgIpc) is 3.10. The number of fused-ring (bicyclic) bond motifs is 1. The highest BCUT2D eigenvalue weighted by Gasteiger charge is 2.15. The molecule has 0 aliphatic heterocycles. The lowest BCUT2D eigenvalue weighted by atomic mass is 10.1. The van der Waals surface area contributed by atoms with Crippen molar-refractivity contribution in [1.82, 2.24) is 15.1 Å². The number of hydrogen-bond donors (Lipinski definition) is 1. The van der Waals surface area contributed by atoms with Crippen LogP contribution in [0.15, 0.2) is 57.8 Å². The first kappa shape index (κ1) is 15.1. The van der Waals surface area contributed by atoms with Gasteiger partial charge in [-0.3, -0.25) is 4.79 Å². The van der Waals surface area contributed by atoms with Crippen LogP contribution >= 0.6 is 0 Å². The Morgan fingerprint density at radius 3 is 2.72 bits per heavy atom. The van der Waals surface area contributed by atoms with Crippen LogP contribution in [-0.2, 0) is 0 Å². The molecule has 0 amide bonds. The summed E-state index contributed by atoms with van der Waals surface area (Å²) in [5, 5.41) is 4.81. The zero-order valence-electron chi connectivity index (χ0n) is 13.7. The van der Waals surface area contributed by atoms with Crippen LogP contribution in [0, 0.1) is 6.92 Å². The van der Waals surface area contributed by atoms with Crippen molar-refractivity contribution in [2.75, 3.05) is 7.11 Å². The minimum absolute atomic E-state index is 0.254. The van der Waals surface area contributed by atoms with Crippen molar-refractivity contribution >= 4 is 10.9 Å². The SMILES string of the molecule is COc1ccc2[nH]c(=O)c(-c3noc(-c4ccccc4C)n3)cc2c1. The van der Waals surface area contributed by atoms with Crippen LogP contribution in [0.5, 0.6) is 5.75 Å². The quantitative estimate of drug-likeness (QED) is 0.620. The summed E-state index contributed by atoms with van der Waals surface area (Å²) in [5.74, 6) is 1.35. The predicted octanol–water partition coefficient (Wildman–Crippen LogP) is 3.56. The molecule has 1 N–H and O–H groups in total. The van der Waals surface area contributed by atoms with Crippen LogP contribution in [-0.4, -0.2) is 22.2 Å². The van der Waals surface area contributed by atoms with E-state index in [0.717, 1.165) is 22.0 Å². The Labute approximate surface area is 143 Å². The van der Waals surface area contributed by atoms with Crippen molar-refractivity contribution in [2.24, 2.45) is 0 Å². The zero-order valence-corrected chi connectivity index (χ0v) is 13.7. The van der Waals surface area contributed by atoms with E-state index >= 15 is 0 Å². The van der Waals surface area contributed by atoms with Gasteiger partial charge in [0.15, 0.2) is 0 Å². The molecule has 25 heavy (non-hydrogen) atoms. The maximum absolute atomic E-state index is 12.4. The summed E-state index contributed by atoms with van der Waals surface area (Å²) in [6.45, 7) is 1.97. The molecular formula is C19H15N3O3. The van der Waals surface area contributed by atoms with Crippen molar-refractivity contribution in [1.29, 1.82) is 0 Å². The van der Waals surface area contributed by atoms with E-state index in [-0.39, 0.29) is 11.4 Å². The van der Waals surface area contributed by atoms with Gasteiger partial charge in [0.25, 0.3) is 11.4 Å². The molecule has 0 atom stereocenters. The lowest BCUT2D eigenvalue weighted by Crippen LogP contribution is -2.09. The van der Waals surface area contributed by atoms with E-state index in [2.05, 4.69) is 15.1 Å². The second-order valence-corrected chi connectivity index (χ2v) is 5.70. The highest BCUT2D eigenvalue weighted by Crippen LogP contribution is 2.25. The smallest absolute Gasteiger partial charge is 0.259 e. The van der Waals surface area contributed by atoms with Gasteiger partial charge in [-0.05, 0) is 42.8 Å². The first-order valence-electron chi connectivity index (χ1n) is 7.77. The van der Waals surface area contributed by atoms with E-state index in [1.54, 1.807) is 25.3 Å². The van der Waals surface area contributed by atoms with E-state index in [1.807, 2.05) is 37.3 Å². The molecule has 0 aliphatic rings. The number of methoxy groups -OCH3 is 1. The van der Waals surface area contributed by atoms with Gasteiger partial charge in [-0.2, -0.15) is 4.98 Å². The van der Waals surface area contributed by atoms with Crippen molar-refractivity contribution < 1.29 is 9.26 Å². The van der Waals surface area contributed by atoms with Crippen LogP contribution < -0.4 is 10.3 Å². The summed E-state index contributed by atoms with van der Waals surface area (Å²) in [4.78, 5) is 19.6. The second-order valence-electron chi connectivity index (χ2n) is 5.70. The number of rotatable bonds is 3. The van der Waals surface area contributed by atoms with Gasteiger partial charge < -0.3 is 14.2 Å². The van der Waals surface area contributed by atoms with E-state index in [4.69, 9.17) is 9.26 Å². The normalized spacial score (nSPS) is 11.0. The maximum atomic E-state index is 12.4. The van der Waals surface area contributed by atoms with Crippen molar-refractivity contribution in [2.45, 2.75) is 6.92 Å². The minimum atomic E-state index is -0.269. The number of aryl methyl sites for hydroxylation is 1. The van der Waals surface area contributed by atoms with Gasteiger partial charge in [0.1, 0.15) is 5.75 Å². The third-order valence-corrected chi connectivity index (χ3v) is 4.09. The van der Waals surface area contributed by atoms with Gasteiger partial charge >= 0.3 is 0 Å². The second kappa shape index (κ2) is 5.90. The lowest BCUT2D eigenvalue weighted by molar-refractivity contribution is 0.415. The summed E-state index contributed by atoms with van der Waals surface area (Å²) in [6.07, 6.45) is 0. The summed E-state index contributed by atoms with van der Waals surface area (Å²) in [5.41, 5.74) is 2.67. The molecule has 4 aromatic rings. The largest absolute Gasteiger partial charge is 0.497 e. The fraction of sp³-hybridized carbons (Fsp3) is 0.105. The van der Waals surface area contributed by atoms with Crippen molar-refractivity contribution in [3.8, 4) is 28.6 Å². The molecule has 0 bridgehead atoms. The Bertz CT molecular complexity index is 1130. The van der Waals surface area contributed by atoms with Gasteiger partial charge in [0.05, 0.1) is 12.7 Å². The minimum Gasteiger partial charge on any atom is -0.497 e. The van der Waals surface area contributed by atoms with E-state index in [0.29, 0.717) is 17.2 Å². The molecule has 6 nitrogen and oxygen atoms in total. The number of aromatic nitrogens is 3. The van der Waals surface area contributed by atoms with Crippen LogP contribution in [0.2, 0.25) is 0 Å². The number of pyridine rings is 1. The number of benzene rings is 2. The third kappa shape index (κ3) is 2.67. The molecule has 0 saturated heterocycles. The van der Waals surface area contributed by atoms with Crippen LogP contribution in [0.25, 0.3) is 33.7 Å². The molecule has 0 aliphatic carbocycles. The van der Waals surface area contributed by atoms with Crippen LogP contribution in [0.1, 0.15) is 5.56 Å². The highest BCUT2D eigenvalue weighted by molar-refractivity contribution is 5.83. The highest BCUT2D eigenvalue weighted by atomic mass is 16.5. The number of aromatic amines is 1. The maximum Gasteiger partial charge on any atom is 0.259 e. The summed E-state index contributed by atoms with van der Waals surface area (Å²) in [7, 11) is 1.60. The molecule has 0 spiro atoms. The Hall–Kier alpha value is -3.41. The third-order valence-electron chi connectivity index (χ3n) is 4.09. The Morgan fingerprint density at radius 2 is 1.92 bits per heavy atom. The summed E-state index contributed by atoms with van der Waals surface area (Å²) >= 11 is 0. The Morgan fingerprint density at radius 1 is 1.08 bits per heavy atom. The summed E-state index contributed by atoms with van der Waals surface area (Å²) < 4.78 is 10.6. The van der Waals surface area contributed by atoms with Gasteiger partial charge in [0, 0.05) is 16.5 Å². The van der Waals surface area contributed by atoms with E-state index in [1.165, 1.54) is 0 Å². The number of nitrogens with zero attached hydrogens (tertiary/aromatic N) is 2. The fourth-order valence-electron chi connectivity index (χ4n) is 2.73. The summed E-state index contributed by atoms with van der Waals surface area (Å²) in [6, 6.07) is 14.9. The monoisotopic (exact) mass is 333 g/mol. The van der Waals surface area contributed by atoms with Crippen molar-refractivity contribution in [3.05, 3.63) is 64.4 Å². The molecule has 0 unspecified atom stereocenters. The van der Waals surface area contributed by atoms with Crippen LogP contribution in [0.4, 0.5) is 0 Å². The Kier molecular flexibility index (Phi) is 3.57. The van der Waals surface area contributed by atoms with E-state index in [9.17, 15) is 4.79 Å². The number of H-pyrrole nitrogens is 1. The molecule has 4 rings (SSSR count). The van der Waals surface area contributed by atoms with Gasteiger partial charge in [-0.1, -0.05) is 23.4 Å². The molecule has 6 heteroatoms. The molecule has 2 heterocycles. The topological polar surface area (TPSA) is 81.0 Å². The van der Waals surface area contributed by atoms with Gasteiger partial charge in [-0.25, -0.2) is 0 Å². The van der Waals surface area contributed by atoms with Crippen molar-refractivity contribution in [3.63, 3.8) is 0 Å². The van der Waals surface area contributed by atoms with E-state index < -0.39 is 0 Å². The zero-order chi connectivity index (χ0) is 17.4. The standard InChI is InChI=1S/C19H15N3O3/c1-11-5-3-4-6-14(11)19-21-17(22-25-19)15-10-12-9-13(24-2)7-8-16(12)20-18(15)23/h3-10H,1-2H3,(H,20,23). The number of nitrogens with one attached hydrogen (secondary N) is 1. The molecule has 0 saturated carbocycles. The number of hydrogen-bond acceptors (Lipinski definition) is 5. The molecule has 2 aromatic carbocycles. The molecule has 2 aromatic heterocycles. The number of ether oxygens (including phenoxy) is 1. The fourth-order valence-corrected chi connectivity index (χ4v) is 2.73. The van der Waals surface area contributed by atoms with Gasteiger partial charge in [-0.15, -0.1) is 0 Å². The first-order valence-corrected chi connectivity index (χ1v) is 7.77. The lowest BCUT2D eigenvalue weighted by Gasteiger charge is -2.03. The molecule has 0 fully saturated rings.